The third kappa shape index (κ3) is 8.95. The molecule has 0 radical (unpaired) electrons. The first kappa shape index (κ1) is 45.1. The molecule has 3 aromatic carbocycles. The molecule has 2 saturated heterocycles. The number of aryl methyl sites for hydroxylation is 1. The largest absolute Gasteiger partial charge is 0.489 e. The predicted molar refractivity (Wildman–Crippen MR) is 257 cm³/mol. The van der Waals surface area contributed by atoms with Crippen LogP contribution in [0.1, 0.15) is 124 Å². The number of nitrogens with zero attached hydrogens (tertiary/aromatic N) is 4. The highest BCUT2D eigenvalue weighted by atomic mass is 32.2. The molecule has 354 valence electrons. The molecule has 67 heavy (non-hydrogen) atoms. The Hall–Kier alpha value is -5.71. The van der Waals surface area contributed by atoms with Gasteiger partial charge in [-0.2, -0.15) is 0 Å². The highest BCUT2D eigenvalue weighted by Crippen LogP contribution is 2.54. The van der Waals surface area contributed by atoms with Gasteiger partial charge in [-0.1, -0.05) is 38.1 Å². The summed E-state index contributed by atoms with van der Waals surface area (Å²) in [7, 11) is -4.66. The molecule has 4 fully saturated rings. The van der Waals surface area contributed by atoms with E-state index < -0.39 is 37.0 Å². The van der Waals surface area contributed by atoms with Crippen molar-refractivity contribution in [3.05, 3.63) is 105 Å². The second-order valence-corrected chi connectivity index (χ2v) is 22.2. The molecule has 1 spiro atoms. The lowest BCUT2D eigenvalue weighted by molar-refractivity contribution is -0.384. The van der Waals surface area contributed by atoms with Crippen molar-refractivity contribution in [2.24, 2.45) is 11.3 Å². The number of nitro groups is 1. The molecule has 0 bridgehead atoms. The Balaban J connectivity index is 0.861. The van der Waals surface area contributed by atoms with Crippen molar-refractivity contribution in [3.8, 4) is 17.2 Å². The van der Waals surface area contributed by atoms with E-state index in [0.717, 1.165) is 55.3 Å². The Kier molecular flexibility index (Phi) is 11.7. The van der Waals surface area contributed by atoms with Gasteiger partial charge < -0.3 is 29.8 Å². The van der Waals surface area contributed by atoms with E-state index in [1.165, 1.54) is 42.9 Å². The van der Waals surface area contributed by atoms with Crippen LogP contribution >= 0.6 is 0 Å². The molecule has 5 aromatic rings. The van der Waals surface area contributed by atoms with Crippen LogP contribution in [0.15, 0.2) is 77.8 Å². The average molecular weight is 932 g/mol. The van der Waals surface area contributed by atoms with Crippen molar-refractivity contribution in [2.75, 3.05) is 36.5 Å². The van der Waals surface area contributed by atoms with Gasteiger partial charge >= 0.3 is 0 Å². The number of hydrogen-bond acceptors (Lipinski definition) is 12. The smallest absolute Gasteiger partial charge is 0.297 e. The fourth-order valence-electron chi connectivity index (χ4n) is 11.7. The van der Waals surface area contributed by atoms with Crippen LogP contribution in [-0.4, -0.2) is 83.1 Å². The molecule has 2 saturated carbocycles. The summed E-state index contributed by atoms with van der Waals surface area (Å²) in [5.41, 5.74) is 4.52. The highest BCUT2D eigenvalue weighted by molar-refractivity contribution is 7.90. The number of benzene rings is 3. The maximum Gasteiger partial charge on any atom is 0.297 e. The fourth-order valence-corrected chi connectivity index (χ4v) is 12.7. The van der Waals surface area contributed by atoms with Crippen LogP contribution in [0.4, 0.5) is 17.1 Å². The van der Waals surface area contributed by atoms with Gasteiger partial charge in [-0.3, -0.25) is 19.8 Å². The average Bonchev–Trinajstić information content (AvgIpc) is 3.93. The number of carbonyl (C=O) groups is 1. The van der Waals surface area contributed by atoms with Crippen LogP contribution in [-0.2, 0) is 10.0 Å². The van der Waals surface area contributed by atoms with E-state index in [9.17, 15) is 28.4 Å². The summed E-state index contributed by atoms with van der Waals surface area (Å²) in [6.45, 7) is 11.3. The summed E-state index contributed by atoms with van der Waals surface area (Å²) in [4.78, 5) is 38.2. The predicted octanol–water partition coefficient (Wildman–Crippen LogP) is 9.51. The summed E-state index contributed by atoms with van der Waals surface area (Å²) in [6.07, 6.45) is 11.1. The number of sulfonamides is 1. The Bertz CT molecular complexity index is 2820. The van der Waals surface area contributed by atoms with Gasteiger partial charge in [0.05, 0.1) is 33.2 Å². The number of pyridine rings is 1. The summed E-state index contributed by atoms with van der Waals surface area (Å²) >= 11 is 0. The van der Waals surface area contributed by atoms with Gasteiger partial charge in [0.25, 0.3) is 21.6 Å². The van der Waals surface area contributed by atoms with Gasteiger partial charge in [0, 0.05) is 60.1 Å². The number of rotatable bonds is 11. The van der Waals surface area contributed by atoms with E-state index in [1.807, 2.05) is 32.0 Å². The van der Waals surface area contributed by atoms with Crippen molar-refractivity contribution >= 4 is 44.0 Å². The van der Waals surface area contributed by atoms with Gasteiger partial charge in [-0.05, 0) is 137 Å². The van der Waals surface area contributed by atoms with E-state index in [1.54, 1.807) is 18.3 Å². The standard InChI is InChI=1S/C51H61N7O8S/c1-31(2)39-8-5-6-9-40(39)43-10-7-19-57(43)36-27-51(28-36)17-20-56(21-18-51)35-11-12-41(45(24-35)66-37-23-34-22-32(3)53-48(34)52-29-37)49(59)55-67(63,64)38-25-44(58(61)62)47-46(26-38)65-30-42(54-47)33-13-15-50(4,60)16-14-33/h5-6,8-9,11-12,22-26,29,31,33,36,42-43,54,60H,7,10,13-21,27-28,30H2,1-4H3,(H,52,53)(H,55,59)/t33-,42-,43+,50-/m1/s1. The number of nitro benzene ring substituents is 1. The number of ether oxygens (including phenoxy) is 2. The Morgan fingerprint density at radius 2 is 1.78 bits per heavy atom. The number of H-pyrrole nitrogens is 1. The second kappa shape index (κ2) is 17.4. The molecule has 2 aromatic heterocycles. The second-order valence-electron chi connectivity index (χ2n) is 20.5. The molecular weight excluding hydrogens is 871 g/mol. The summed E-state index contributed by atoms with van der Waals surface area (Å²) in [5.74, 6) is 0.145. The topological polar surface area (TPSA) is 192 Å². The lowest BCUT2D eigenvalue weighted by atomic mass is 9.59. The number of carbonyl (C=O) groups excluding carboxylic acids is 1. The minimum Gasteiger partial charge on any atom is -0.489 e. The number of nitrogens with one attached hydrogen (secondary N) is 3. The van der Waals surface area contributed by atoms with E-state index in [4.69, 9.17) is 9.47 Å². The quantitative estimate of drug-likeness (QED) is 0.0726. The van der Waals surface area contributed by atoms with Crippen molar-refractivity contribution in [3.63, 3.8) is 0 Å². The van der Waals surface area contributed by atoms with Gasteiger partial charge in [0.2, 0.25) is 0 Å². The third-order valence-corrected chi connectivity index (χ3v) is 16.8. The Morgan fingerprint density at radius 3 is 2.52 bits per heavy atom. The lowest BCUT2D eigenvalue weighted by Crippen LogP contribution is -2.54. The van der Waals surface area contributed by atoms with Gasteiger partial charge in [-0.25, -0.2) is 18.1 Å². The number of aromatic nitrogens is 2. The summed E-state index contributed by atoms with van der Waals surface area (Å²) in [6, 6.07) is 20.9. The number of hydrogen-bond donors (Lipinski definition) is 4. The highest BCUT2D eigenvalue weighted by Gasteiger charge is 2.50. The van der Waals surface area contributed by atoms with Crippen LogP contribution in [0, 0.1) is 28.4 Å². The number of likely N-dealkylation sites (tertiary alicyclic amines) is 1. The third-order valence-electron chi connectivity index (χ3n) is 15.5. The first-order chi connectivity index (χ1) is 32.0. The van der Waals surface area contributed by atoms with E-state index >= 15 is 0 Å². The molecule has 2 atom stereocenters. The van der Waals surface area contributed by atoms with Crippen molar-refractivity contribution in [1.29, 1.82) is 0 Å². The van der Waals surface area contributed by atoms with Crippen LogP contribution in [0.2, 0.25) is 0 Å². The maximum atomic E-state index is 14.2. The molecule has 10 rings (SSSR count). The SMILES string of the molecule is Cc1cc2cc(Oc3cc(N4CCC5(CC4)CC(N4CCC[C@H]4c4ccccc4C(C)C)C5)ccc3C(=O)NS(=O)(=O)c3cc4c(c([N+](=O)[O-])c3)N[C@@H]([C@H]3CC[C@](C)(O)CC3)CO4)cnc2[nH]1. The molecule has 0 unspecified atom stereocenters. The van der Waals surface area contributed by atoms with Gasteiger partial charge in [0.15, 0.2) is 11.4 Å². The molecule has 4 N–H and O–H groups in total. The molecular formula is C51H61N7O8S. The van der Waals surface area contributed by atoms with Crippen molar-refractivity contribution < 1.29 is 32.7 Å². The first-order valence-electron chi connectivity index (χ1n) is 23.9. The van der Waals surface area contributed by atoms with Gasteiger partial charge in [0.1, 0.15) is 23.8 Å². The Labute approximate surface area is 391 Å². The van der Waals surface area contributed by atoms with Crippen LogP contribution in [0.3, 0.4) is 0 Å². The van der Waals surface area contributed by atoms with Crippen molar-refractivity contribution in [2.45, 2.75) is 126 Å². The van der Waals surface area contributed by atoms with Crippen LogP contribution in [0.25, 0.3) is 11.0 Å². The minimum absolute atomic E-state index is 0.00530. The first-order valence-corrected chi connectivity index (χ1v) is 25.4. The fraction of sp³-hybridized carbons (Fsp3) is 0.490. The van der Waals surface area contributed by atoms with Crippen molar-refractivity contribution in [1.82, 2.24) is 19.6 Å². The monoisotopic (exact) mass is 931 g/mol. The summed E-state index contributed by atoms with van der Waals surface area (Å²) < 4.78 is 42.6. The van der Waals surface area contributed by atoms with E-state index in [2.05, 4.69) is 67.9 Å². The zero-order chi connectivity index (χ0) is 46.8. The van der Waals surface area contributed by atoms with E-state index in [0.29, 0.717) is 60.5 Å². The molecule has 15 nitrogen and oxygen atoms in total. The molecule has 5 aliphatic rings. The van der Waals surface area contributed by atoms with Gasteiger partial charge in [-0.15, -0.1) is 0 Å². The maximum absolute atomic E-state index is 14.2. The van der Waals surface area contributed by atoms with Crippen LogP contribution < -0.4 is 24.4 Å². The normalized spacial score (nSPS) is 24.2. The number of anilines is 2. The molecule has 5 heterocycles. The zero-order valence-corrected chi connectivity index (χ0v) is 39.5. The summed E-state index contributed by atoms with van der Waals surface area (Å²) in [5, 5.41) is 26.9. The minimum atomic E-state index is -4.66. The van der Waals surface area contributed by atoms with Crippen LogP contribution in [0.5, 0.6) is 17.2 Å². The Morgan fingerprint density at radius 1 is 1.01 bits per heavy atom. The van der Waals surface area contributed by atoms with E-state index in [-0.39, 0.29) is 41.3 Å². The number of amides is 1. The molecule has 16 heteroatoms. The molecule has 1 amide bonds. The molecule has 2 aliphatic carbocycles. The zero-order valence-electron chi connectivity index (χ0n) is 38.7. The number of aliphatic hydroxyl groups is 1. The number of aromatic amines is 1. The number of fused-ring (bicyclic) bond motifs is 2. The number of piperidine rings is 1. The molecule has 3 aliphatic heterocycles. The lowest BCUT2D eigenvalue weighted by Gasteiger charge is -2.56.